The summed E-state index contributed by atoms with van der Waals surface area (Å²) in [6.07, 6.45) is 11.9. The lowest BCUT2D eigenvalue weighted by Gasteiger charge is -2.18. The highest BCUT2D eigenvalue weighted by Crippen LogP contribution is 2.44. The first-order chi connectivity index (χ1) is 12.7. The molecule has 140 valence electrons. The SMILES string of the molecule is C=CCN(CC=C)C1CC1.C=CCN(CC=C)C1CC1c1ccccc1. The number of benzene rings is 1. The summed E-state index contributed by atoms with van der Waals surface area (Å²) in [5.41, 5.74) is 1.46. The molecule has 2 nitrogen and oxygen atoms in total. The topological polar surface area (TPSA) is 6.48 Å². The lowest BCUT2D eigenvalue weighted by atomic mass is 10.1. The van der Waals surface area contributed by atoms with Crippen molar-refractivity contribution in [2.75, 3.05) is 26.2 Å². The molecule has 0 aromatic heterocycles. The van der Waals surface area contributed by atoms with Crippen molar-refractivity contribution < 1.29 is 0 Å². The zero-order valence-corrected chi connectivity index (χ0v) is 16.1. The van der Waals surface area contributed by atoms with Crippen molar-refractivity contribution in [3.05, 3.63) is 86.5 Å². The first-order valence-corrected chi connectivity index (χ1v) is 9.71. The third-order valence-electron chi connectivity index (χ3n) is 4.97. The van der Waals surface area contributed by atoms with Gasteiger partial charge in [-0.15, -0.1) is 26.3 Å². The van der Waals surface area contributed by atoms with Gasteiger partial charge in [-0.1, -0.05) is 54.6 Å². The summed E-state index contributed by atoms with van der Waals surface area (Å²) < 4.78 is 0. The van der Waals surface area contributed by atoms with Crippen molar-refractivity contribution in [3.8, 4) is 0 Å². The zero-order valence-electron chi connectivity index (χ0n) is 16.1. The molecule has 0 heterocycles. The number of hydrogen-bond acceptors (Lipinski definition) is 2. The lowest BCUT2D eigenvalue weighted by Crippen LogP contribution is -2.27. The van der Waals surface area contributed by atoms with Crippen molar-refractivity contribution in [3.63, 3.8) is 0 Å². The maximum atomic E-state index is 3.81. The van der Waals surface area contributed by atoms with E-state index < -0.39 is 0 Å². The Morgan fingerprint density at radius 3 is 1.73 bits per heavy atom. The van der Waals surface area contributed by atoms with Crippen molar-refractivity contribution in [1.82, 2.24) is 9.80 Å². The summed E-state index contributed by atoms with van der Waals surface area (Å²) in [4.78, 5) is 4.84. The Morgan fingerprint density at radius 2 is 1.27 bits per heavy atom. The Hall–Kier alpha value is -1.90. The Bertz CT molecular complexity index is 553. The molecule has 2 fully saturated rings. The quantitative estimate of drug-likeness (QED) is 0.516. The molecule has 2 heteroatoms. The van der Waals surface area contributed by atoms with Gasteiger partial charge in [-0.2, -0.15) is 0 Å². The maximum absolute atomic E-state index is 3.81. The minimum atomic E-state index is 0.679. The highest BCUT2D eigenvalue weighted by atomic mass is 15.2. The molecule has 0 radical (unpaired) electrons. The van der Waals surface area contributed by atoms with E-state index >= 15 is 0 Å². The third kappa shape index (κ3) is 6.44. The molecular formula is C24H34N2. The van der Waals surface area contributed by atoms with E-state index in [1.807, 2.05) is 24.3 Å². The van der Waals surface area contributed by atoms with E-state index in [-0.39, 0.29) is 0 Å². The van der Waals surface area contributed by atoms with Gasteiger partial charge in [-0.25, -0.2) is 0 Å². The van der Waals surface area contributed by atoms with Crippen LogP contribution in [0.5, 0.6) is 0 Å². The van der Waals surface area contributed by atoms with Gasteiger partial charge >= 0.3 is 0 Å². The lowest BCUT2D eigenvalue weighted by molar-refractivity contribution is 0.319. The van der Waals surface area contributed by atoms with Crippen LogP contribution in [0.4, 0.5) is 0 Å². The number of hydrogen-bond donors (Lipinski definition) is 0. The highest BCUT2D eigenvalue weighted by Gasteiger charge is 2.41. The molecule has 26 heavy (non-hydrogen) atoms. The largest absolute Gasteiger partial charge is 0.293 e. The molecule has 2 aliphatic carbocycles. The van der Waals surface area contributed by atoms with E-state index in [4.69, 9.17) is 0 Å². The van der Waals surface area contributed by atoms with Crippen LogP contribution in [-0.2, 0) is 0 Å². The maximum Gasteiger partial charge on any atom is 0.0178 e. The molecular weight excluding hydrogens is 316 g/mol. The van der Waals surface area contributed by atoms with E-state index in [2.05, 4.69) is 66.4 Å². The molecule has 2 aliphatic rings. The molecule has 2 saturated carbocycles. The molecule has 0 N–H and O–H groups in total. The molecule has 0 saturated heterocycles. The second-order valence-corrected chi connectivity index (χ2v) is 7.11. The standard InChI is InChI=1S/C15H19N.C9H15N/c1-3-10-16(11-4-2)15-12-14(15)13-8-6-5-7-9-13;1-3-7-10(8-4-2)9-5-6-9/h3-9,14-15H,1-2,10-12H2;3-4,9H,1-2,5-8H2. The van der Waals surface area contributed by atoms with E-state index in [0.717, 1.165) is 32.2 Å². The summed E-state index contributed by atoms with van der Waals surface area (Å²) in [6.45, 7) is 19.0. The Balaban J connectivity index is 0.000000209. The average molecular weight is 351 g/mol. The van der Waals surface area contributed by atoms with Crippen LogP contribution >= 0.6 is 0 Å². The van der Waals surface area contributed by atoms with Crippen LogP contribution in [-0.4, -0.2) is 48.1 Å². The molecule has 2 atom stereocenters. The van der Waals surface area contributed by atoms with E-state index in [1.165, 1.54) is 24.8 Å². The smallest absolute Gasteiger partial charge is 0.0178 e. The fourth-order valence-corrected chi connectivity index (χ4v) is 3.46. The summed E-state index contributed by atoms with van der Waals surface area (Å²) in [7, 11) is 0. The van der Waals surface area contributed by atoms with Gasteiger partial charge in [0, 0.05) is 44.2 Å². The summed E-state index contributed by atoms with van der Waals surface area (Å²) >= 11 is 0. The molecule has 0 spiro atoms. The van der Waals surface area contributed by atoms with Gasteiger partial charge in [-0.3, -0.25) is 9.80 Å². The van der Waals surface area contributed by atoms with Crippen LogP contribution in [0.1, 0.15) is 30.7 Å². The molecule has 1 aromatic carbocycles. The predicted octanol–water partition coefficient (Wildman–Crippen LogP) is 5.04. The molecule has 0 aliphatic heterocycles. The summed E-state index contributed by atoms with van der Waals surface area (Å²) in [6, 6.07) is 12.3. The number of rotatable bonds is 11. The predicted molar refractivity (Wildman–Crippen MR) is 115 cm³/mol. The van der Waals surface area contributed by atoms with Gasteiger partial charge in [0.15, 0.2) is 0 Å². The summed E-state index contributed by atoms with van der Waals surface area (Å²) in [5.74, 6) is 0.709. The van der Waals surface area contributed by atoms with E-state index in [1.54, 1.807) is 0 Å². The van der Waals surface area contributed by atoms with Crippen molar-refractivity contribution in [1.29, 1.82) is 0 Å². The van der Waals surface area contributed by atoms with Crippen LogP contribution in [0.25, 0.3) is 0 Å². The Morgan fingerprint density at radius 1 is 0.769 bits per heavy atom. The minimum absolute atomic E-state index is 0.679. The normalized spacial score (nSPS) is 20.8. The second kappa shape index (κ2) is 10.9. The second-order valence-electron chi connectivity index (χ2n) is 7.11. The Labute approximate surface area is 160 Å². The van der Waals surface area contributed by atoms with Crippen molar-refractivity contribution in [2.45, 2.75) is 37.3 Å². The third-order valence-corrected chi connectivity index (χ3v) is 4.97. The van der Waals surface area contributed by atoms with Gasteiger partial charge in [0.2, 0.25) is 0 Å². The van der Waals surface area contributed by atoms with Crippen LogP contribution < -0.4 is 0 Å². The average Bonchev–Trinajstić information content (AvgIpc) is 3.57. The minimum Gasteiger partial charge on any atom is -0.293 e. The van der Waals surface area contributed by atoms with Gasteiger partial charge in [0.05, 0.1) is 0 Å². The first-order valence-electron chi connectivity index (χ1n) is 9.71. The first kappa shape index (κ1) is 20.4. The van der Waals surface area contributed by atoms with Crippen molar-refractivity contribution >= 4 is 0 Å². The molecule has 2 unspecified atom stereocenters. The highest BCUT2D eigenvalue weighted by molar-refractivity contribution is 5.28. The van der Waals surface area contributed by atoms with Crippen LogP contribution in [0, 0.1) is 0 Å². The van der Waals surface area contributed by atoms with Gasteiger partial charge in [0.1, 0.15) is 0 Å². The Kier molecular flexibility index (Phi) is 8.60. The molecule has 0 bridgehead atoms. The van der Waals surface area contributed by atoms with Crippen LogP contribution in [0.3, 0.4) is 0 Å². The van der Waals surface area contributed by atoms with E-state index in [9.17, 15) is 0 Å². The van der Waals surface area contributed by atoms with Crippen LogP contribution in [0.2, 0.25) is 0 Å². The number of nitrogens with zero attached hydrogens (tertiary/aromatic N) is 2. The fourth-order valence-electron chi connectivity index (χ4n) is 3.46. The molecule has 1 aromatic rings. The molecule has 3 rings (SSSR count). The van der Waals surface area contributed by atoms with Crippen molar-refractivity contribution in [2.24, 2.45) is 0 Å². The van der Waals surface area contributed by atoms with E-state index in [0.29, 0.717) is 12.0 Å². The van der Waals surface area contributed by atoms with Gasteiger partial charge in [-0.05, 0) is 24.8 Å². The fraction of sp³-hybridized carbons (Fsp3) is 0.417. The van der Waals surface area contributed by atoms with Gasteiger partial charge in [0.25, 0.3) is 0 Å². The monoisotopic (exact) mass is 350 g/mol. The molecule has 0 amide bonds. The van der Waals surface area contributed by atoms with Crippen LogP contribution in [0.15, 0.2) is 81.0 Å². The summed E-state index contributed by atoms with van der Waals surface area (Å²) in [5, 5.41) is 0. The van der Waals surface area contributed by atoms with Gasteiger partial charge < -0.3 is 0 Å². The zero-order chi connectivity index (χ0) is 18.8.